The highest BCUT2D eigenvalue weighted by atomic mass is 16.5. The van der Waals surface area contributed by atoms with Crippen LogP contribution < -0.4 is 5.32 Å². The van der Waals surface area contributed by atoms with Gasteiger partial charge in [0.05, 0.1) is 24.4 Å². The van der Waals surface area contributed by atoms with Crippen molar-refractivity contribution in [1.29, 1.82) is 0 Å². The largest absolute Gasteiger partial charge is 0.377 e. The van der Waals surface area contributed by atoms with Gasteiger partial charge in [0.15, 0.2) is 0 Å². The smallest absolute Gasteiger partial charge is 0.244 e. The Kier molecular flexibility index (Phi) is 4.55. The Balaban J connectivity index is 1.70. The van der Waals surface area contributed by atoms with E-state index in [1.54, 1.807) is 0 Å². The zero-order chi connectivity index (χ0) is 14.9. The number of carbonyl (C=O) groups is 1. The normalized spacial score (nSPS) is 29.4. The molecule has 0 aromatic carbocycles. The van der Waals surface area contributed by atoms with E-state index < -0.39 is 0 Å². The van der Waals surface area contributed by atoms with Crippen LogP contribution in [0, 0.1) is 5.92 Å². The van der Waals surface area contributed by atoms with Gasteiger partial charge in [-0.25, -0.2) is 0 Å². The molecule has 1 spiro atoms. The van der Waals surface area contributed by atoms with E-state index in [1.165, 1.54) is 38.5 Å². The fraction of sp³-hybridized carbons (Fsp3) is 0.941. The van der Waals surface area contributed by atoms with Crippen LogP contribution in [0.4, 0.5) is 0 Å². The Morgan fingerprint density at radius 1 is 1.24 bits per heavy atom. The van der Waals surface area contributed by atoms with Crippen LogP contribution in [0.15, 0.2) is 0 Å². The van der Waals surface area contributed by atoms with E-state index in [2.05, 4.69) is 24.1 Å². The van der Waals surface area contributed by atoms with E-state index >= 15 is 0 Å². The van der Waals surface area contributed by atoms with Crippen molar-refractivity contribution < 1.29 is 9.53 Å². The molecule has 1 atom stereocenters. The first-order valence-electron chi connectivity index (χ1n) is 8.83. The fourth-order valence-electron chi connectivity index (χ4n) is 4.43. The van der Waals surface area contributed by atoms with Gasteiger partial charge in [0.1, 0.15) is 0 Å². The highest BCUT2D eigenvalue weighted by molar-refractivity contribution is 5.89. The second-order valence-corrected chi connectivity index (χ2v) is 7.34. The van der Waals surface area contributed by atoms with Crippen molar-refractivity contribution in [3.63, 3.8) is 0 Å². The van der Waals surface area contributed by atoms with Gasteiger partial charge in [0.2, 0.25) is 5.91 Å². The molecule has 1 aliphatic heterocycles. The third-order valence-corrected chi connectivity index (χ3v) is 5.52. The SMILES string of the molecule is CC(C)OCCN1C(=O)C2(CCCC2)NC1C1CCCC1. The van der Waals surface area contributed by atoms with Gasteiger partial charge in [-0.05, 0) is 45.4 Å². The zero-order valence-electron chi connectivity index (χ0n) is 13.6. The maximum Gasteiger partial charge on any atom is 0.244 e. The molecule has 3 aliphatic rings. The molecule has 120 valence electrons. The lowest BCUT2D eigenvalue weighted by molar-refractivity contribution is -0.134. The number of hydrogen-bond donors (Lipinski definition) is 1. The highest BCUT2D eigenvalue weighted by Crippen LogP contribution is 2.40. The molecule has 4 nitrogen and oxygen atoms in total. The maximum absolute atomic E-state index is 13.0. The molecule has 0 aromatic rings. The first kappa shape index (κ1) is 15.3. The van der Waals surface area contributed by atoms with E-state index in [0.717, 1.165) is 19.4 Å². The Hall–Kier alpha value is -0.610. The predicted octanol–water partition coefficient (Wildman–Crippen LogP) is 2.67. The molecule has 0 bridgehead atoms. The van der Waals surface area contributed by atoms with Crippen LogP contribution in [-0.4, -0.2) is 41.8 Å². The van der Waals surface area contributed by atoms with Crippen molar-refractivity contribution in [1.82, 2.24) is 10.2 Å². The summed E-state index contributed by atoms with van der Waals surface area (Å²) in [6, 6.07) is 0. The predicted molar refractivity (Wildman–Crippen MR) is 82.9 cm³/mol. The molecule has 3 rings (SSSR count). The topological polar surface area (TPSA) is 41.6 Å². The van der Waals surface area contributed by atoms with Gasteiger partial charge in [0, 0.05) is 6.54 Å². The molecular weight excluding hydrogens is 264 g/mol. The van der Waals surface area contributed by atoms with Gasteiger partial charge in [-0.1, -0.05) is 25.7 Å². The van der Waals surface area contributed by atoms with Gasteiger partial charge < -0.3 is 9.64 Å². The van der Waals surface area contributed by atoms with Crippen LogP contribution in [0.1, 0.15) is 65.2 Å². The standard InChI is InChI=1S/C17H30N2O2/c1-13(2)21-12-11-19-15(14-7-3-4-8-14)18-17(16(19)20)9-5-6-10-17/h13-15,18H,3-12H2,1-2H3. The monoisotopic (exact) mass is 294 g/mol. The van der Waals surface area contributed by atoms with E-state index in [-0.39, 0.29) is 17.8 Å². The molecule has 0 radical (unpaired) electrons. The number of rotatable bonds is 5. The molecule has 1 heterocycles. The highest BCUT2D eigenvalue weighted by Gasteiger charge is 2.53. The number of hydrogen-bond acceptors (Lipinski definition) is 3. The third kappa shape index (κ3) is 2.98. The molecule has 1 unspecified atom stereocenters. The summed E-state index contributed by atoms with van der Waals surface area (Å²) >= 11 is 0. The van der Waals surface area contributed by atoms with Crippen molar-refractivity contribution >= 4 is 5.91 Å². The average Bonchev–Trinajstić information content (AvgIpc) is 3.15. The first-order chi connectivity index (χ1) is 10.1. The summed E-state index contributed by atoms with van der Waals surface area (Å²) in [5.41, 5.74) is -0.231. The van der Waals surface area contributed by atoms with Gasteiger partial charge >= 0.3 is 0 Å². The van der Waals surface area contributed by atoms with E-state index in [0.29, 0.717) is 18.4 Å². The third-order valence-electron chi connectivity index (χ3n) is 5.52. The van der Waals surface area contributed by atoms with E-state index in [9.17, 15) is 4.79 Å². The Morgan fingerprint density at radius 2 is 1.90 bits per heavy atom. The number of nitrogens with one attached hydrogen (secondary N) is 1. The summed E-state index contributed by atoms with van der Waals surface area (Å²) in [6.07, 6.45) is 10.1. The van der Waals surface area contributed by atoms with Crippen molar-refractivity contribution in [2.24, 2.45) is 5.92 Å². The summed E-state index contributed by atoms with van der Waals surface area (Å²) in [6.45, 7) is 5.51. The minimum atomic E-state index is -0.231. The van der Waals surface area contributed by atoms with Crippen molar-refractivity contribution in [3.8, 4) is 0 Å². The van der Waals surface area contributed by atoms with Crippen LogP contribution in [0.5, 0.6) is 0 Å². The van der Waals surface area contributed by atoms with Crippen LogP contribution in [-0.2, 0) is 9.53 Å². The second-order valence-electron chi connectivity index (χ2n) is 7.34. The van der Waals surface area contributed by atoms with Gasteiger partial charge in [-0.3, -0.25) is 10.1 Å². The average molecular weight is 294 g/mol. The van der Waals surface area contributed by atoms with Crippen molar-refractivity contribution in [2.75, 3.05) is 13.2 Å². The molecule has 2 aliphatic carbocycles. The van der Waals surface area contributed by atoms with Gasteiger partial charge in [-0.15, -0.1) is 0 Å². The Bertz CT molecular complexity index is 371. The van der Waals surface area contributed by atoms with Crippen molar-refractivity contribution in [3.05, 3.63) is 0 Å². The molecule has 1 N–H and O–H groups in total. The molecule has 21 heavy (non-hydrogen) atoms. The fourth-order valence-corrected chi connectivity index (χ4v) is 4.43. The molecule has 2 saturated carbocycles. The van der Waals surface area contributed by atoms with Gasteiger partial charge in [-0.2, -0.15) is 0 Å². The summed E-state index contributed by atoms with van der Waals surface area (Å²) in [5, 5.41) is 3.77. The minimum Gasteiger partial charge on any atom is -0.377 e. The number of amides is 1. The number of nitrogens with zero attached hydrogens (tertiary/aromatic N) is 1. The van der Waals surface area contributed by atoms with Crippen LogP contribution >= 0.6 is 0 Å². The lowest BCUT2D eigenvalue weighted by atomic mass is 9.97. The molecule has 1 amide bonds. The lowest BCUT2D eigenvalue weighted by Crippen LogP contribution is -2.46. The molecule has 3 fully saturated rings. The van der Waals surface area contributed by atoms with E-state index in [4.69, 9.17) is 4.74 Å². The van der Waals surface area contributed by atoms with Gasteiger partial charge in [0.25, 0.3) is 0 Å². The first-order valence-corrected chi connectivity index (χ1v) is 8.83. The lowest BCUT2D eigenvalue weighted by Gasteiger charge is -2.29. The minimum absolute atomic E-state index is 0.231. The maximum atomic E-state index is 13.0. The molecule has 0 aromatic heterocycles. The Labute approximate surface area is 128 Å². The van der Waals surface area contributed by atoms with Crippen LogP contribution in [0.25, 0.3) is 0 Å². The second kappa shape index (κ2) is 6.25. The number of carbonyl (C=O) groups excluding carboxylic acids is 1. The summed E-state index contributed by atoms with van der Waals surface area (Å²) in [7, 11) is 0. The van der Waals surface area contributed by atoms with Crippen molar-refractivity contribution in [2.45, 2.75) is 83.0 Å². The van der Waals surface area contributed by atoms with Crippen LogP contribution in [0.2, 0.25) is 0 Å². The summed E-state index contributed by atoms with van der Waals surface area (Å²) in [4.78, 5) is 15.1. The van der Waals surface area contributed by atoms with Crippen LogP contribution in [0.3, 0.4) is 0 Å². The zero-order valence-corrected chi connectivity index (χ0v) is 13.6. The molecule has 4 heteroatoms. The Morgan fingerprint density at radius 3 is 2.52 bits per heavy atom. The van der Waals surface area contributed by atoms with E-state index in [1.807, 2.05) is 0 Å². The molecular formula is C17H30N2O2. The molecule has 1 saturated heterocycles. The number of ether oxygens (including phenoxy) is 1. The summed E-state index contributed by atoms with van der Waals surface area (Å²) < 4.78 is 5.69. The summed E-state index contributed by atoms with van der Waals surface area (Å²) in [5.74, 6) is 0.997. The quantitative estimate of drug-likeness (QED) is 0.847.